The molecule has 0 bridgehead atoms. The van der Waals surface area contributed by atoms with Gasteiger partial charge in [0.2, 0.25) is 0 Å². The molecule has 1 fully saturated rings. The summed E-state index contributed by atoms with van der Waals surface area (Å²) >= 11 is 0. The van der Waals surface area contributed by atoms with E-state index in [0.717, 1.165) is 12.8 Å². The van der Waals surface area contributed by atoms with E-state index in [-0.39, 0.29) is 6.02 Å². The van der Waals surface area contributed by atoms with Crippen LogP contribution in [0.3, 0.4) is 0 Å². The van der Waals surface area contributed by atoms with E-state index in [9.17, 15) is 0 Å². The number of ether oxygens (including phenoxy) is 1. The van der Waals surface area contributed by atoms with Crippen LogP contribution in [0.25, 0.3) is 0 Å². The van der Waals surface area contributed by atoms with Crippen LogP contribution < -0.4 is 10.1 Å². The van der Waals surface area contributed by atoms with Crippen molar-refractivity contribution < 1.29 is 4.74 Å². The fraction of sp³-hybridized carbons (Fsp3) is 0.273. The molecule has 0 saturated heterocycles. The molecule has 76 valence electrons. The van der Waals surface area contributed by atoms with Gasteiger partial charge in [-0.25, -0.2) is 10.3 Å². The number of nitrogens with zero attached hydrogens (tertiary/aromatic N) is 2. The SMILES string of the molecule is N#CNC(=NC1CC1)Oc1ccccc1. The Kier molecular flexibility index (Phi) is 2.84. The molecular weight excluding hydrogens is 190 g/mol. The van der Waals surface area contributed by atoms with Gasteiger partial charge < -0.3 is 4.74 Å². The number of amidine groups is 1. The van der Waals surface area contributed by atoms with Crippen LogP contribution in [0, 0.1) is 11.5 Å². The van der Waals surface area contributed by atoms with Gasteiger partial charge in [0.15, 0.2) is 6.19 Å². The van der Waals surface area contributed by atoms with Crippen LogP contribution in [0.1, 0.15) is 12.8 Å². The van der Waals surface area contributed by atoms with Crippen LogP contribution in [0.2, 0.25) is 0 Å². The standard InChI is InChI=1S/C11H11N3O/c12-8-13-11(14-9-6-7-9)15-10-4-2-1-3-5-10/h1-5,9H,6-7H2,(H,13,14). The molecule has 0 unspecified atom stereocenters. The Morgan fingerprint density at radius 1 is 1.40 bits per heavy atom. The molecule has 0 aromatic heterocycles. The summed E-state index contributed by atoms with van der Waals surface area (Å²) in [6.45, 7) is 0. The summed E-state index contributed by atoms with van der Waals surface area (Å²) in [7, 11) is 0. The summed E-state index contributed by atoms with van der Waals surface area (Å²) in [4.78, 5) is 4.23. The lowest BCUT2D eigenvalue weighted by Crippen LogP contribution is -2.24. The maximum Gasteiger partial charge on any atom is 0.304 e. The molecule has 4 nitrogen and oxygen atoms in total. The molecule has 1 saturated carbocycles. The van der Waals surface area contributed by atoms with Crippen LogP contribution in [0.5, 0.6) is 5.75 Å². The summed E-state index contributed by atoms with van der Waals surface area (Å²) in [5, 5.41) is 11.0. The van der Waals surface area contributed by atoms with Crippen LogP contribution in [0.15, 0.2) is 35.3 Å². The maximum absolute atomic E-state index is 8.53. The molecule has 0 radical (unpaired) electrons. The maximum atomic E-state index is 8.53. The van der Waals surface area contributed by atoms with Crippen LogP contribution in [-0.2, 0) is 0 Å². The Bertz CT molecular complexity index is 390. The van der Waals surface area contributed by atoms with Crippen molar-refractivity contribution in [2.45, 2.75) is 18.9 Å². The molecule has 1 aromatic carbocycles. The van der Waals surface area contributed by atoms with Gasteiger partial charge in [0.05, 0.1) is 6.04 Å². The first-order valence-electron chi connectivity index (χ1n) is 4.84. The minimum Gasteiger partial charge on any atom is -0.425 e. The number of hydrogen-bond acceptors (Lipinski definition) is 3. The van der Waals surface area contributed by atoms with Crippen molar-refractivity contribution >= 4 is 6.02 Å². The Balaban J connectivity index is 2.03. The first kappa shape index (κ1) is 9.53. The Hall–Kier alpha value is -2.02. The van der Waals surface area contributed by atoms with E-state index in [4.69, 9.17) is 10.00 Å². The molecule has 2 rings (SSSR count). The van der Waals surface area contributed by atoms with Gasteiger partial charge >= 0.3 is 6.02 Å². The summed E-state index contributed by atoms with van der Waals surface area (Å²) in [6.07, 6.45) is 3.97. The van der Waals surface area contributed by atoms with Crippen LogP contribution in [0.4, 0.5) is 0 Å². The van der Waals surface area contributed by atoms with Gasteiger partial charge in [0, 0.05) is 0 Å². The van der Waals surface area contributed by atoms with E-state index < -0.39 is 0 Å². The van der Waals surface area contributed by atoms with E-state index in [1.165, 1.54) is 0 Å². The van der Waals surface area contributed by atoms with Crippen LogP contribution >= 0.6 is 0 Å². The fourth-order valence-electron chi connectivity index (χ4n) is 1.10. The molecule has 0 heterocycles. The second-order valence-corrected chi connectivity index (χ2v) is 3.32. The highest BCUT2D eigenvalue weighted by Gasteiger charge is 2.21. The first-order valence-corrected chi connectivity index (χ1v) is 4.84. The molecule has 1 aliphatic carbocycles. The first-order chi connectivity index (χ1) is 7.38. The van der Waals surface area contributed by atoms with Crippen molar-refractivity contribution in [3.63, 3.8) is 0 Å². The van der Waals surface area contributed by atoms with Crippen molar-refractivity contribution in [1.29, 1.82) is 5.26 Å². The number of hydrogen-bond donors (Lipinski definition) is 1. The van der Waals surface area contributed by atoms with Gasteiger partial charge in [-0.2, -0.15) is 5.26 Å². The van der Waals surface area contributed by atoms with E-state index in [1.807, 2.05) is 36.5 Å². The number of para-hydroxylation sites is 1. The highest BCUT2D eigenvalue weighted by Crippen LogP contribution is 2.23. The van der Waals surface area contributed by atoms with E-state index in [2.05, 4.69) is 10.3 Å². The minimum absolute atomic E-state index is 0.284. The summed E-state index contributed by atoms with van der Waals surface area (Å²) in [5.74, 6) is 0.680. The van der Waals surface area contributed by atoms with Crippen molar-refractivity contribution in [2.75, 3.05) is 0 Å². The largest absolute Gasteiger partial charge is 0.425 e. The van der Waals surface area contributed by atoms with Gasteiger partial charge in [-0.3, -0.25) is 0 Å². The molecular formula is C11H11N3O. The van der Waals surface area contributed by atoms with Crippen molar-refractivity contribution in [1.82, 2.24) is 5.32 Å². The highest BCUT2D eigenvalue weighted by molar-refractivity contribution is 5.77. The van der Waals surface area contributed by atoms with Crippen molar-refractivity contribution in [3.05, 3.63) is 30.3 Å². The summed E-state index contributed by atoms with van der Waals surface area (Å²) < 4.78 is 5.42. The van der Waals surface area contributed by atoms with E-state index in [1.54, 1.807) is 0 Å². The van der Waals surface area contributed by atoms with Crippen molar-refractivity contribution in [3.8, 4) is 11.9 Å². The normalized spacial score (nSPS) is 15.5. The molecule has 15 heavy (non-hydrogen) atoms. The predicted molar refractivity (Wildman–Crippen MR) is 56.3 cm³/mol. The quantitative estimate of drug-likeness (QED) is 0.342. The molecule has 0 atom stereocenters. The van der Waals surface area contributed by atoms with Gasteiger partial charge in [0.1, 0.15) is 5.75 Å². The molecule has 1 aliphatic rings. The molecule has 1 N–H and O–H groups in total. The van der Waals surface area contributed by atoms with Gasteiger partial charge in [0.25, 0.3) is 0 Å². The second-order valence-electron chi connectivity index (χ2n) is 3.32. The van der Waals surface area contributed by atoms with Gasteiger partial charge in [-0.15, -0.1) is 0 Å². The number of benzene rings is 1. The zero-order valence-corrected chi connectivity index (χ0v) is 8.18. The zero-order valence-electron chi connectivity index (χ0n) is 8.18. The Morgan fingerprint density at radius 2 is 2.13 bits per heavy atom. The number of nitrogens with one attached hydrogen (secondary N) is 1. The third-order valence-electron chi connectivity index (χ3n) is 1.97. The predicted octanol–water partition coefficient (Wildman–Crippen LogP) is 1.65. The third-order valence-corrected chi connectivity index (χ3v) is 1.97. The van der Waals surface area contributed by atoms with Crippen molar-refractivity contribution in [2.24, 2.45) is 4.99 Å². The number of rotatable bonds is 2. The lowest BCUT2D eigenvalue weighted by molar-refractivity contribution is 0.526. The lowest BCUT2D eigenvalue weighted by atomic mass is 10.3. The minimum atomic E-state index is 0.284. The zero-order chi connectivity index (χ0) is 10.5. The Labute approximate surface area is 88.2 Å². The average molecular weight is 201 g/mol. The monoisotopic (exact) mass is 201 g/mol. The third kappa shape index (κ3) is 2.99. The van der Waals surface area contributed by atoms with E-state index in [0.29, 0.717) is 11.8 Å². The fourth-order valence-corrected chi connectivity index (χ4v) is 1.10. The van der Waals surface area contributed by atoms with Crippen LogP contribution in [-0.4, -0.2) is 12.1 Å². The molecule has 0 spiro atoms. The van der Waals surface area contributed by atoms with Gasteiger partial charge in [-0.05, 0) is 25.0 Å². The van der Waals surface area contributed by atoms with E-state index >= 15 is 0 Å². The molecule has 0 aliphatic heterocycles. The smallest absolute Gasteiger partial charge is 0.304 e. The molecule has 1 aromatic rings. The average Bonchev–Trinajstić information content (AvgIpc) is 3.03. The lowest BCUT2D eigenvalue weighted by Gasteiger charge is -2.05. The number of nitriles is 1. The topological polar surface area (TPSA) is 57.4 Å². The number of aliphatic imine (C=N–C) groups is 1. The second kappa shape index (κ2) is 4.47. The summed E-state index contributed by atoms with van der Waals surface area (Å²) in [6, 6.07) is 9.90. The van der Waals surface area contributed by atoms with Gasteiger partial charge in [-0.1, -0.05) is 18.2 Å². The molecule has 0 amide bonds. The highest BCUT2D eigenvalue weighted by atomic mass is 16.5. The Morgan fingerprint density at radius 3 is 2.73 bits per heavy atom. The summed E-state index contributed by atoms with van der Waals surface area (Å²) in [5.41, 5.74) is 0. The molecule has 4 heteroatoms.